The third kappa shape index (κ3) is 7.66. The molecule has 1 aliphatic heterocycles. The van der Waals surface area contributed by atoms with Crippen molar-refractivity contribution in [3.05, 3.63) is 29.8 Å². The number of ether oxygens (including phenoxy) is 1. The van der Waals surface area contributed by atoms with Gasteiger partial charge in [0.2, 0.25) is 5.91 Å². The maximum Gasteiger partial charge on any atom is 0.251 e. The maximum absolute atomic E-state index is 12.6. The first-order valence-corrected chi connectivity index (χ1v) is 9.75. The summed E-state index contributed by atoms with van der Waals surface area (Å²) >= 11 is 0. The Hall–Kier alpha value is -1.83. The Morgan fingerprint density at radius 3 is 2.39 bits per heavy atom. The fourth-order valence-corrected chi connectivity index (χ4v) is 3.01. The van der Waals surface area contributed by atoms with Crippen molar-refractivity contribution < 1.29 is 14.3 Å². The van der Waals surface area contributed by atoms with Crippen molar-refractivity contribution in [2.45, 2.75) is 26.8 Å². The van der Waals surface area contributed by atoms with Gasteiger partial charge in [-0.25, -0.2) is 0 Å². The summed E-state index contributed by atoms with van der Waals surface area (Å²) < 4.78 is 5.39. The third-order valence-corrected chi connectivity index (χ3v) is 4.60. The molecule has 0 aromatic heterocycles. The highest BCUT2D eigenvalue weighted by molar-refractivity contribution is 5.97. The highest BCUT2D eigenvalue weighted by Crippen LogP contribution is 2.13. The van der Waals surface area contributed by atoms with Gasteiger partial charge >= 0.3 is 0 Å². The minimum Gasteiger partial charge on any atom is -0.494 e. The fraction of sp³-hybridized carbons (Fsp3) is 0.600. The van der Waals surface area contributed by atoms with Crippen LogP contribution in [0.15, 0.2) is 24.3 Å². The molecule has 0 radical (unpaired) electrons. The van der Waals surface area contributed by atoms with Gasteiger partial charge in [0.15, 0.2) is 0 Å². The number of benzene rings is 1. The molecule has 1 aromatic rings. The Labute approximate surface area is 174 Å². The van der Waals surface area contributed by atoms with E-state index in [0.717, 1.165) is 38.5 Å². The molecule has 8 heteroatoms. The topological polar surface area (TPSA) is 82.7 Å². The number of hydrogen-bond donors (Lipinski definition) is 3. The van der Waals surface area contributed by atoms with Crippen LogP contribution in [0.25, 0.3) is 0 Å². The molecule has 7 nitrogen and oxygen atoms in total. The minimum absolute atomic E-state index is 0. The van der Waals surface area contributed by atoms with Crippen molar-refractivity contribution in [1.82, 2.24) is 20.9 Å². The van der Waals surface area contributed by atoms with E-state index in [1.165, 1.54) is 0 Å². The Morgan fingerprint density at radius 1 is 1.18 bits per heavy atom. The molecule has 1 atom stereocenters. The SMILES string of the molecule is CCOc1ccc(C(=O)NC(C(=O)NCCN2CCNCC2)C(C)C)cc1.Cl. The Balaban J connectivity index is 0.00000392. The van der Waals surface area contributed by atoms with E-state index in [4.69, 9.17) is 4.74 Å². The van der Waals surface area contributed by atoms with Gasteiger partial charge in [-0.2, -0.15) is 0 Å². The number of rotatable bonds is 9. The normalized spacial score (nSPS) is 15.4. The lowest BCUT2D eigenvalue weighted by atomic mass is 10.0. The predicted molar refractivity (Wildman–Crippen MR) is 113 cm³/mol. The van der Waals surface area contributed by atoms with E-state index in [1.807, 2.05) is 20.8 Å². The number of hydrogen-bond acceptors (Lipinski definition) is 5. The van der Waals surface area contributed by atoms with Crippen LogP contribution in [0.2, 0.25) is 0 Å². The lowest BCUT2D eigenvalue weighted by Gasteiger charge is -2.28. The third-order valence-electron chi connectivity index (χ3n) is 4.60. The van der Waals surface area contributed by atoms with Crippen LogP contribution in [-0.4, -0.2) is 68.6 Å². The van der Waals surface area contributed by atoms with Gasteiger partial charge in [0.1, 0.15) is 11.8 Å². The number of halogens is 1. The van der Waals surface area contributed by atoms with Crippen LogP contribution in [0.5, 0.6) is 5.75 Å². The number of carbonyl (C=O) groups is 2. The summed E-state index contributed by atoms with van der Waals surface area (Å²) in [5.74, 6) is 0.323. The van der Waals surface area contributed by atoms with Gasteiger partial charge in [-0.15, -0.1) is 12.4 Å². The number of piperazine rings is 1. The quantitative estimate of drug-likeness (QED) is 0.569. The lowest BCUT2D eigenvalue weighted by Crippen LogP contribution is -2.52. The summed E-state index contributed by atoms with van der Waals surface area (Å²) in [6.45, 7) is 11.7. The molecule has 1 aromatic carbocycles. The van der Waals surface area contributed by atoms with Gasteiger partial charge in [-0.05, 0) is 37.1 Å². The van der Waals surface area contributed by atoms with Gasteiger partial charge in [0.05, 0.1) is 6.61 Å². The zero-order chi connectivity index (χ0) is 19.6. The van der Waals surface area contributed by atoms with Crippen molar-refractivity contribution in [2.24, 2.45) is 5.92 Å². The number of nitrogens with zero attached hydrogens (tertiary/aromatic N) is 1. The summed E-state index contributed by atoms with van der Waals surface area (Å²) in [5, 5.41) is 9.13. The van der Waals surface area contributed by atoms with Gasteiger partial charge in [-0.1, -0.05) is 13.8 Å². The molecule has 3 N–H and O–H groups in total. The molecule has 28 heavy (non-hydrogen) atoms. The fourth-order valence-electron chi connectivity index (χ4n) is 3.01. The molecule has 1 heterocycles. The molecule has 1 saturated heterocycles. The predicted octanol–water partition coefficient (Wildman–Crippen LogP) is 1.28. The van der Waals surface area contributed by atoms with E-state index in [-0.39, 0.29) is 30.1 Å². The second-order valence-electron chi connectivity index (χ2n) is 7.04. The second kappa shape index (κ2) is 12.6. The van der Waals surface area contributed by atoms with E-state index in [1.54, 1.807) is 24.3 Å². The van der Waals surface area contributed by atoms with Crippen molar-refractivity contribution in [3.63, 3.8) is 0 Å². The minimum atomic E-state index is -0.563. The summed E-state index contributed by atoms with van der Waals surface area (Å²) in [4.78, 5) is 27.4. The summed E-state index contributed by atoms with van der Waals surface area (Å²) in [6, 6.07) is 6.37. The molecule has 1 fully saturated rings. The Morgan fingerprint density at radius 2 is 1.82 bits per heavy atom. The molecule has 1 aliphatic rings. The van der Waals surface area contributed by atoms with Crippen LogP contribution in [0.1, 0.15) is 31.1 Å². The molecule has 0 bridgehead atoms. The van der Waals surface area contributed by atoms with E-state index in [2.05, 4.69) is 20.9 Å². The Bertz CT molecular complexity index is 604. The Kier molecular flexibility index (Phi) is 10.9. The molecule has 0 spiro atoms. The van der Waals surface area contributed by atoms with Crippen LogP contribution in [-0.2, 0) is 4.79 Å². The first-order chi connectivity index (χ1) is 13.0. The molecular weight excluding hydrogens is 380 g/mol. The zero-order valence-electron chi connectivity index (χ0n) is 17.0. The highest BCUT2D eigenvalue weighted by atomic mass is 35.5. The van der Waals surface area contributed by atoms with Crippen LogP contribution < -0.4 is 20.7 Å². The van der Waals surface area contributed by atoms with Crippen LogP contribution in [0.3, 0.4) is 0 Å². The summed E-state index contributed by atoms with van der Waals surface area (Å²) in [6.07, 6.45) is 0. The van der Waals surface area contributed by atoms with Gasteiger partial charge in [-0.3, -0.25) is 14.5 Å². The zero-order valence-corrected chi connectivity index (χ0v) is 17.8. The van der Waals surface area contributed by atoms with Crippen LogP contribution in [0.4, 0.5) is 0 Å². The maximum atomic E-state index is 12.6. The van der Waals surface area contributed by atoms with Crippen molar-refractivity contribution in [3.8, 4) is 5.75 Å². The molecule has 158 valence electrons. The smallest absolute Gasteiger partial charge is 0.251 e. The van der Waals surface area contributed by atoms with E-state index in [0.29, 0.717) is 18.7 Å². The monoisotopic (exact) mass is 412 g/mol. The summed E-state index contributed by atoms with van der Waals surface area (Å²) in [5.41, 5.74) is 0.512. The van der Waals surface area contributed by atoms with E-state index < -0.39 is 6.04 Å². The van der Waals surface area contributed by atoms with Crippen LogP contribution in [0, 0.1) is 5.92 Å². The second-order valence-corrected chi connectivity index (χ2v) is 7.04. The molecule has 2 rings (SSSR count). The number of nitrogens with one attached hydrogen (secondary N) is 3. The molecule has 0 saturated carbocycles. The first-order valence-electron chi connectivity index (χ1n) is 9.75. The average molecular weight is 413 g/mol. The van der Waals surface area contributed by atoms with E-state index in [9.17, 15) is 9.59 Å². The summed E-state index contributed by atoms with van der Waals surface area (Å²) in [7, 11) is 0. The highest BCUT2D eigenvalue weighted by Gasteiger charge is 2.24. The van der Waals surface area contributed by atoms with E-state index >= 15 is 0 Å². The first kappa shape index (κ1) is 24.2. The lowest BCUT2D eigenvalue weighted by molar-refractivity contribution is -0.124. The van der Waals surface area contributed by atoms with Crippen molar-refractivity contribution in [1.29, 1.82) is 0 Å². The number of carbonyl (C=O) groups excluding carboxylic acids is 2. The van der Waals surface area contributed by atoms with Crippen molar-refractivity contribution >= 4 is 24.2 Å². The van der Waals surface area contributed by atoms with Crippen LogP contribution >= 0.6 is 12.4 Å². The molecular formula is C20H33ClN4O3. The molecule has 0 aliphatic carbocycles. The molecule has 2 amide bonds. The van der Waals surface area contributed by atoms with Gasteiger partial charge in [0, 0.05) is 44.8 Å². The molecule has 1 unspecified atom stereocenters. The van der Waals surface area contributed by atoms with Crippen molar-refractivity contribution in [2.75, 3.05) is 45.9 Å². The number of amides is 2. The van der Waals surface area contributed by atoms with Gasteiger partial charge < -0.3 is 20.7 Å². The average Bonchev–Trinajstić information content (AvgIpc) is 2.67. The van der Waals surface area contributed by atoms with Gasteiger partial charge in [0.25, 0.3) is 5.91 Å². The standard InChI is InChI=1S/C20H32N4O3.ClH/c1-4-27-17-7-5-16(6-8-17)19(25)23-18(15(2)3)20(26)22-11-14-24-12-9-21-10-13-24;/h5-8,15,18,21H,4,9-14H2,1-3H3,(H,22,26)(H,23,25);1H. The largest absolute Gasteiger partial charge is 0.494 e.